The molecule has 1 saturated carbocycles. The predicted octanol–water partition coefficient (Wildman–Crippen LogP) is 2.99. The van der Waals surface area contributed by atoms with Gasteiger partial charge in [0.05, 0.1) is 23.7 Å². The van der Waals surface area contributed by atoms with E-state index >= 15 is 0 Å². The van der Waals surface area contributed by atoms with Crippen molar-refractivity contribution < 1.29 is 22.6 Å². The van der Waals surface area contributed by atoms with Gasteiger partial charge in [-0.05, 0) is 43.4 Å². The van der Waals surface area contributed by atoms with Gasteiger partial charge in [0.2, 0.25) is 5.79 Å². The molecule has 0 radical (unpaired) electrons. The van der Waals surface area contributed by atoms with Crippen LogP contribution >= 0.6 is 0 Å². The summed E-state index contributed by atoms with van der Waals surface area (Å²) >= 11 is 0. The second-order valence-electron chi connectivity index (χ2n) is 9.09. The summed E-state index contributed by atoms with van der Waals surface area (Å²) in [6.45, 7) is 2.61. The van der Waals surface area contributed by atoms with E-state index in [4.69, 9.17) is 14.2 Å². The van der Waals surface area contributed by atoms with Crippen LogP contribution in [0.15, 0.2) is 18.2 Å². The third kappa shape index (κ3) is 3.60. The molecule has 2 saturated heterocycles. The predicted molar refractivity (Wildman–Crippen MR) is 110 cm³/mol. The number of hydrogen-bond donors (Lipinski definition) is 0. The molecule has 6 nitrogen and oxygen atoms in total. The van der Waals surface area contributed by atoms with Crippen LogP contribution in [0.4, 0.5) is 0 Å². The largest absolute Gasteiger partial charge is 0.462 e. The third-order valence-corrected chi connectivity index (χ3v) is 9.20. The number of nitrogens with zero attached hydrogens (tertiary/aromatic N) is 1. The Hall–Kier alpha value is -1.15. The first-order chi connectivity index (χ1) is 13.9. The van der Waals surface area contributed by atoms with Crippen molar-refractivity contribution in [3.63, 3.8) is 0 Å². The standard InChI is InChI=1S/C22H31NO5S/c1-26-21(9-13-29(24,25)14-10-21)18-5-6-20-17(15-18)16-27-22(28-20)7-11-23(12-8-22)19-3-2-4-19/h5-6,15,19H,2-4,7-14,16H2,1H3. The number of rotatable bonds is 3. The highest BCUT2D eigenvalue weighted by Crippen LogP contribution is 2.43. The zero-order chi connectivity index (χ0) is 20.1. The average molecular weight is 422 g/mol. The molecule has 29 heavy (non-hydrogen) atoms. The van der Waals surface area contributed by atoms with E-state index in [9.17, 15) is 8.42 Å². The summed E-state index contributed by atoms with van der Waals surface area (Å²) in [5.74, 6) is 0.746. The second kappa shape index (κ2) is 7.22. The number of piperidine rings is 1. The van der Waals surface area contributed by atoms with E-state index in [0.29, 0.717) is 19.4 Å². The molecule has 0 bridgehead atoms. The highest BCUT2D eigenvalue weighted by atomic mass is 32.2. The van der Waals surface area contributed by atoms with Crippen LogP contribution in [0.2, 0.25) is 0 Å². The molecule has 1 spiro atoms. The zero-order valence-electron chi connectivity index (χ0n) is 17.2. The number of sulfone groups is 1. The fourth-order valence-electron chi connectivity index (χ4n) is 5.22. The summed E-state index contributed by atoms with van der Waals surface area (Å²) in [6, 6.07) is 6.93. The Morgan fingerprint density at radius 2 is 1.83 bits per heavy atom. The first-order valence-electron chi connectivity index (χ1n) is 10.9. The molecule has 7 heteroatoms. The van der Waals surface area contributed by atoms with Gasteiger partial charge in [-0.1, -0.05) is 12.5 Å². The Bertz CT molecular complexity index is 857. The lowest BCUT2D eigenvalue weighted by Crippen LogP contribution is -2.54. The number of methoxy groups -OCH3 is 1. The Morgan fingerprint density at radius 3 is 2.45 bits per heavy atom. The summed E-state index contributed by atoms with van der Waals surface area (Å²) in [6.07, 6.45) is 6.84. The summed E-state index contributed by atoms with van der Waals surface area (Å²) in [7, 11) is -1.27. The molecule has 0 aromatic heterocycles. The Balaban J connectivity index is 1.31. The molecule has 160 valence electrons. The van der Waals surface area contributed by atoms with E-state index in [1.807, 2.05) is 12.1 Å². The number of likely N-dealkylation sites (tertiary alicyclic amines) is 1. The Labute approximate surface area is 173 Å². The molecule has 0 N–H and O–H groups in total. The van der Waals surface area contributed by atoms with Gasteiger partial charge in [-0.25, -0.2) is 8.42 Å². The molecular formula is C22H31NO5S. The van der Waals surface area contributed by atoms with Crippen molar-refractivity contribution in [1.29, 1.82) is 0 Å². The molecule has 0 unspecified atom stereocenters. The first kappa shape index (κ1) is 19.8. The monoisotopic (exact) mass is 421 g/mol. The summed E-state index contributed by atoms with van der Waals surface area (Å²) in [5.41, 5.74) is 1.51. The van der Waals surface area contributed by atoms with Gasteiger partial charge < -0.3 is 14.2 Å². The maximum atomic E-state index is 11.9. The summed E-state index contributed by atoms with van der Waals surface area (Å²) in [4.78, 5) is 2.60. The SMILES string of the molecule is COC1(c2ccc3c(c2)COC2(CCN(C4CCC4)CC2)O3)CCS(=O)(=O)CC1. The number of hydrogen-bond acceptors (Lipinski definition) is 6. The van der Waals surface area contributed by atoms with E-state index in [1.54, 1.807) is 7.11 Å². The molecular weight excluding hydrogens is 390 g/mol. The maximum absolute atomic E-state index is 11.9. The molecule has 3 aliphatic heterocycles. The lowest BCUT2D eigenvalue weighted by molar-refractivity contribution is -0.231. The normalized spacial score (nSPS) is 28.3. The van der Waals surface area contributed by atoms with E-state index < -0.39 is 21.2 Å². The molecule has 3 fully saturated rings. The fourth-order valence-corrected chi connectivity index (χ4v) is 6.71. The van der Waals surface area contributed by atoms with Crippen LogP contribution in [-0.4, -0.2) is 56.9 Å². The Morgan fingerprint density at radius 1 is 1.10 bits per heavy atom. The highest BCUT2D eigenvalue weighted by Gasteiger charge is 2.44. The minimum Gasteiger partial charge on any atom is -0.462 e. The average Bonchev–Trinajstić information content (AvgIpc) is 2.69. The molecule has 5 rings (SSSR count). The summed E-state index contributed by atoms with van der Waals surface area (Å²) in [5, 5.41) is 0. The summed E-state index contributed by atoms with van der Waals surface area (Å²) < 4.78 is 42.3. The van der Waals surface area contributed by atoms with Crippen molar-refractivity contribution in [2.24, 2.45) is 0 Å². The van der Waals surface area contributed by atoms with Crippen molar-refractivity contribution in [3.8, 4) is 5.75 Å². The van der Waals surface area contributed by atoms with Crippen LogP contribution in [0.5, 0.6) is 5.75 Å². The van der Waals surface area contributed by atoms with Gasteiger partial charge in [0.15, 0.2) is 9.84 Å². The van der Waals surface area contributed by atoms with Crippen molar-refractivity contribution in [1.82, 2.24) is 4.90 Å². The second-order valence-corrected chi connectivity index (χ2v) is 11.4. The minimum absolute atomic E-state index is 0.172. The van der Waals surface area contributed by atoms with Gasteiger partial charge >= 0.3 is 0 Å². The van der Waals surface area contributed by atoms with E-state index in [-0.39, 0.29) is 11.5 Å². The zero-order valence-corrected chi connectivity index (χ0v) is 18.0. The van der Waals surface area contributed by atoms with E-state index in [0.717, 1.165) is 48.8 Å². The molecule has 3 heterocycles. The van der Waals surface area contributed by atoms with Gasteiger partial charge in [-0.15, -0.1) is 0 Å². The fraction of sp³-hybridized carbons (Fsp3) is 0.727. The number of ether oxygens (including phenoxy) is 3. The van der Waals surface area contributed by atoms with Crippen LogP contribution < -0.4 is 4.74 Å². The molecule has 1 aliphatic carbocycles. The van der Waals surface area contributed by atoms with Crippen molar-refractivity contribution >= 4 is 9.84 Å². The smallest absolute Gasteiger partial charge is 0.213 e. The molecule has 4 aliphatic rings. The minimum atomic E-state index is -2.95. The van der Waals surface area contributed by atoms with Crippen molar-refractivity contribution in [2.45, 2.75) is 69.0 Å². The maximum Gasteiger partial charge on any atom is 0.213 e. The quantitative estimate of drug-likeness (QED) is 0.748. The van der Waals surface area contributed by atoms with Crippen molar-refractivity contribution in [2.75, 3.05) is 31.7 Å². The Kier molecular flexibility index (Phi) is 4.93. The lowest BCUT2D eigenvalue weighted by Gasteiger charge is -2.47. The van der Waals surface area contributed by atoms with Gasteiger partial charge in [0.1, 0.15) is 5.75 Å². The molecule has 1 aromatic rings. The number of benzene rings is 1. The molecule has 1 aromatic carbocycles. The first-order valence-corrected chi connectivity index (χ1v) is 12.7. The highest BCUT2D eigenvalue weighted by molar-refractivity contribution is 7.91. The topological polar surface area (TPSA) is 65.1 Å². The third-order valence-electron chi connectivity index (χ3n) is 7.55. The van der Waals surface area contributed by atoms with Gasteiger partial charge in [-0.2, -0.15) is 0 Å². The van der Waals surface area contributed by atoms with Crippen LogP contribution in [-0.2, 0) is 31.5 Å². The van der Waals surface area contributed by atoms with Gasteiger partial charge in [-0.3, -0.25) is 4.90 Å². The van der Waals surface area contributed by atoms with Crippen LogP contribution in [0.25, 0.3) is 0 Å². The molecule has 0 atom stereocenters. The van der Waals surface area contributed by atoms with Gasteiger partial charge in [0, 0.05) is 44.6 Å². The van der Waals surface area contributed by atoms with Gasteiger partial charge in [0.25, 0.3) is 0 Å². The van der Waals surface area contributed by atoms with E-state index in [2.05, 4.69) is 11.0 Å². The van der Waals surface area contributed by atoms with Crippen LogP contribution in [0.1, 0.15) is 56.1 Å². The van der Waals surface area contributed by atoms with Crippen molar-refractivity contribution in [3.05, 3.63) is 29.3 Å². The van der Waals surface area contributed by atoms with Crippen LogP contribution in [0.3, 0.4) is 0 Å². The number of fused-ring (bicyclic) bond motifs is 1. The molecule has 0 amide bonds. The van der Waals surface area contributed by atoms with Crippen LogP contribution in [0, 0.1) is 0 Å². The van der Waals surface area contributed by atoms with E-state index in [1.165, 1.54) is 19.3 Å². The lowest BCUT2D eigenvalue weighted by atomic mass is 9.86.